The van der Waals surface area contributed by atoms with E-state index < -0.39 is 0 Å². The van der Waals surface area contributed by atoms with Crippen LogP contribution in [0.15, 0.2) is 108 Å². The van der Waals surface area contributed by atoms with Gasteiger partial charge in [-0.2, -0.15) is 0 Å². The second-order valence-corrected chi connectivity index (χ2v) is 14.8. The molecule has 0 aromatic heterocycles. The molecule has 5 aromatic rings. The summed E-state index contributed by atoms with van der Waals surface area (Å²) in [6.45, 7) is 1.15. The van der Waals surface area contributed by atoms with Crippen LogP contribution < -0.4 is 10.4 Å². The van der Waals surface area contributed by atoms with Gasteiger partial charge in [-0.05, 0) is 142 Å². The first-order valence-corrected chi connectivity index (χ1v) is 18.3. The Hall–Kier alpha value is -4.70. The first kappa shape index (κ1) is 32.5. The summed E-state index contributed by atoms with van der Waals surface area (Å²) >= 11 is 6.64. The number of fused-ring (bicyclic) bond motifs is 5. The molecule has 2 aliphatic carbocycles. The van der Waals surface area contributed by atoms with Gasteiger partial charge in [-0.25, -0.2) is 0 Å². The van der Waals surface area contributed by atoms with Gasteiger partial charge in [0.25, 0.3) is 0 Å². The number of hydrogen-bond donors (Lipinski definition) is 1. The van der Waals surface area contributed by atoms with E-state index in [1.807, 2.05) is 30.5 Å². The summed E-state index contributed by atoms with van der Waals surface area (Å²) < 4.78 is 0. The van der Waals surface area contributed by atoms with Crippen molar-refractivity contribution in [2.24, 2.45) is 10.9 Å². The lowest BCUT2D eigenvalue weighted by Gasteiger charge is -2.29. The number of hydrogen-bond acceptors (Lipinski definition) is 3. The molecule has 3 nitrogen and oxygen atoms in total. The lowest BCUT2D eigenvalue weighted by Crippen LogP contribution is -2.26. The Kier molecular flexibility index (Phi) is 9.04. The van der Waals surface area contributed by atoms with Crippen LogP contribution in [0.3, 0.4) is 0 Å². The van der Waals surface area contributed by atoms with Gasteiger partial charge in [0, 0.05) is 34.8 Å². The number of para-hydroxylation sites is 1. The van der Waals surface area contributed by atoms with Gasteiger partial charge >= 0.3 is 0 Å². The molecule has 0 saturated heterocycles. The molecule has 3 unspecified atom stereocenters. The number of phenols is 1. The van der Waals surface area contributed by atoms with Crippen molar-refractivity contribution in [3.05, 3.63) is 163 Å². The number of halogens is 1. The number of aliphatic imine (C=N–C) groups is 1. The molecule has 0 bridgehead atoms. The Balaban J connectivity index is 1.25. The molecule has 0 spiro atoms. The molecule has 8 rings (SSSR count). The highest BCUT2D eigenvalue weighted by Crippen LogP contribution is 2.41. The molecular formula is C46H43ClN2O. The Morgan fingerprint density at radius 1 is 0.800 bits per heavy atom. The van der Waals surface area contributed by atoms with Gasteiger partial charge in [-0.1, -0.05) is 103 Å². The van der Waals surface area contributed by atoms with E-state index >= 15 is 0 Å². The summed E-state index contributed by atoms with van der Waals surface area (Å²) in [5.41, 5.74) is 9.63. The van der Waals surface area contributed by atoms with E-state index in [2.05, 4.69) is 110 Å². The fourth-order valence-corrected chi connectivity index (χ4v) is 8.59. The van der Waals surface area contributed by atoms with Crippen molar-refractivity contribution in [3.63, 3.8) is 0 Å². The number of phenolic OH excluding ortho intramolecular Hbond substituents is 1. The predicted molar refractivity (Wildman–Crippen MR) is 209 cm³/mol. The number of unbranched alkanes of at least 4 members (excludes halogenated alkanes) is 1. The quantitative estimate of drug-likeness (QED) is 0.167. The van der Waals surface area contributed by atoms with E-state index in [-0.39, 0.29) is 17.6 Å². The second kappa shape index (κ2) is 13.9. The van der Waals surface area contributed by atoms with Crippen LogP contribution in [0.1, 0.15) is 70.9 Å². The Morgan fingerprint density at radius 2 is 1.60 bits per heavy atom. The number of aromatic hydroxyl groups is 1. The van der Waals surface area contributed by atoms with Gasteiger partial charge in [-0.3, -0.25) is 4.99 Å². The summed E-state index contributed by atoms with van der Waals surface area (Å²) in [6, 6.07) is 34.1. The maximum Gasteiger partial charge on any atom is 0.123 e. The average Bonchev–Trinajstić information content (AvgIpc) is 3.35. The van der Waals surface area contributed by atoms with E-state index in [1.54, 1.807) is 6.07 Å². The molecule has 3 atom stereocenters. The van der Waals surface area contributed by atoms with Crippen LogP contribution >= 0.6 is 11.6 Å². The highest BCUT2D eigenvalue weighted by molar-refractivity contribution is 6.30. The molecule has 0 radical (unpaired) electrons. The van der Waals surface area contributed by atoms with E-state index in [4.69, 9.17) is 16.6 Å². The number of rotatable bonds is 8. The van der Waals surface area contributed by atoms with Crippen molar-refractivity contribution < 1.29 is 5.11 Å². The minimum Gasteiger partial charge on any atom is -0.507 e. The molecule has 250 valence electrons. The van der Waals surface area contributed by atoms with Crippen LogP contribution in [0.2, 0.25) is 5.02 Å². The minimum absolute atomic E-state index is 0.0391. The molecule has 0 amide bonds. The zero-order chi connectivity index (χ0) is 34.2. The SMILES string of the molecule is CN(C)CCCCC1CC=c2ccc3c(c2C1)C(c1ccccc1C1C=NC=Cc2cc(-c4ccccc4O)ccc21)C=c1cc(Cl)ccc1=3. The fourth-order valence-electron chi connectivity index (χ4n) is 8.41. The number of benzene rings is 5. The van der Waals surface area contributed by atoms with E-state index in [1.165, 1.54) is 68.0 Å². The van der Waals surface area contributed by atoms with Crippen LogP contribution in [-0.2, 0) is 6.42 Å². The first-order valence-electron chi connectivity index (χ1n) is 17.9. The van der Waals surface area contributed by atoms with Crippen molar-refractivity contribution >= 4 is 36.0 Å². The van der Waals surface area contributed by atoms with Crippen LogP contribution in [0, 0.1) is 16.4 Å². The number of nitrogens with zero attached hydrogens (tertiary/aromatic N) is 2. The van der Waals surface area contributed by atoms with E-state index in [0.717, 1.165) is 41.1 Å². The maximum atomic E-state index is 10.6. The predicted octanol–water partition coefficient (Wildman–Crippen LogP) is 9.19. The highest BCUT2D eigenvalue weighted by Gasteiger charge is 2.28. The van der Waals surface area contributed by atoms with Gasteiger partial charge in [0.1, 0.15) is 5.75 Å². The van der Waals surface area contributed by atoms with Crippen molar-refractivity contribution in [1.29, 1.82) is 0 Å². The van der Waals surface area contributed by atoms with Gasteiger partial charge in [0.15, 0.2) is 0 Å². The summed E-state index contributed by atoms with van der Waals surface area (Å²) in [4.78, 5) is 7.07. The Morgan fingerprint density at radius 3 is 2.44 bits per heavy atom. The molecule has 0 saturated carbocycles. The van der Waals surface area contributed by atoms with E-state index in [0.29, 0.717) is 5.92 Å². The van der Waals surface area contributed by atoms with Crippen LogP contribution in [0.4, 0.5) is 0 Å². The molecule has 50 heavy (non-hydrogen) atoms. The Labute approximate surface area is 299 Å². The van der Waals surface area contributed by atoms with Crippen LogP contribution in [-0.4, -0.2) is 36.9 Å². The highest BCUT2D eigenvalue weighted by atomic mass is 35.5. The molecular weight excluding hydrogens is 632 g/mol. The normalized spacial score (nSPS) is 18.7. The van der Waals surface area contributed by atoms with Crippen molar-refractivity contribution in [1.82, 2.24) is 4.90 Å². The molecule has 4 heteroatoms. The van der Waals surface area contributed by atoms with Crippen molar-refractivity contribution in [2.75, 3.05) is 20.6 Å². The minimum atomic E-state index is -0.0391. The van der Waals surface area contributed by atoms with Gasteiger partial charge in [0.2, 0.25) is 0 Å². The third-order valence-electron chi connectivity index (χ3n) is 10.9. The topological polar surface area (TPSA) is 35.8 Å². The fraction of sp³-hybridized carbons (Fsp3) is 0.239. The van der Waals surface area contributed by atoms with Crippen LogP contribution in [0.5, 0.6) is 5.75 Å². The second-order valence-electron chi connectivity index (χ2n) is 14.4. The molecule has 3 aliphatic rings. The average molecular weight is 675 g/mol. The lowest BCUT2D eigenvalue weighted by molar-refractivity contribution is 0.374. The molecule has 1 N–H and O–H groups in total. The van der Waals surface area contributed by atoms with E-state index in [9.17, 15) is 5.11 Å². The van der Waals surface area contributed by atoms with Crippen molar-refractivity contribution in [3.8, 4) is 16.9 Å². The smallest absolute Gasteiger partial charge is 0.123 e. The first-order chi connectivity index (χ1) is 24.4. The molecule has 1 aliphatic heterocycles. The van der Waals surface area contributed by atoms with Crippen LogP contribution in [0.25, 0.3) is 29.4 Å². The monoisotopic (exact) mass is 674 g/mol. The third kappa shape index (κ3) is 6.25. The molecule has 1 heterocycles. The molecule has 5 aromatic carbocycles. The zero-order valence-electron chi connectivity index (χ0n) is 28.8. The summed E-state index contributed by atoms with van der Waals surface area (Å²) in [6.07, 6.45) is 17.0. The largest absolute Gasteiger partial charge is 0.507 e. The summed E-state index contributed by atoms with van der Waals surface area (Å²) in [5, 5.41) is 16.5. The van der Waals surface area contributed by atoms with Gasteiger partial charge in [-0.15, -0.1) is 0 Å². The Bertz CT molecular complexity index is 2370. The lowest BCUT2D eigenvalue weighted by atomic mass is 9.74. The van der Waals surface area contributed by atoms with Gasteiger partial charge < -0.3 is 10.0 Å². The van der Waals surface area contributed by atoms with Gasteiger partial charge in [0.05, 0.1) is 0 Å². The zero-order valence-corrected chi connectivity index (χ0v) is 29.6. The summed E-state index contributed by atoms with van der Waals surface area (Å²) in [5.74, 6) is 0.967. The summed E-state index contributed by atoms with van der Waals surface area (Å²) in [7, 11) is 4.33. The maximum absolute atomic E-state index is 10.6. The standard InChI is InChI=1S/C46H43ClN2O/c1-49(2)24-8-7-9-30-14-15-31-16-20-41-37-21-18-35(47)27-34(37)28-43(46(41)42(31)25-30)39-11-3-4-12-40(39)44-29-48-23-22-33-26-32(17-19-36(33)44)38-10-5-6-13-45(38)50/h3-6,10-13,15-23,26-30,43-44,50H,7-9,14,24-25H2,1-2H3. The third-order valence-corrected chi connectivity index (χ3v) is 11.1. The van der Waals surface area contributed by atoms with Crippen molar-refractivity contribution in [2.45, 2.75) is 43.9 Å². The molecule has 0 fully saturated rings.